The Bertz CT molecular complexity index is 1100. The van der Waals surface area contributed by atoms with Gasteiger partial charge < -0.3 is 26.0 Å². The number of carbonyl (C=O) groups is 1. The normalized spacial score (nSPS) is 13.6. The number of nitrogens with zero attached hydrogens (tertiary/aromatic N) is 2. The molecule has 9 heteroatoms. The van der Waals surface area contributed by atoms with Crippen molar-refractivity contribution in [3.05, 3.63) is 77.5 Å². The van der Waals surface area contributed by atoms with Gasteiger partial charge in [-0.05, 0) is 36.4 Å². The predicted molar refractivity (Wildman–Crippen MR) is 124 cm³/mol. The summed E-state index contributed by atoms with van der Waals surface area (Å²) in [6, 6.07) is 13.3. The molecule has 1 amide bonds. The predicted octanol–water partition coefficient (Wildman–Crippen LogP) is 3.58. The molecule has 1 saturated heterocycles. The number of rotatable bonds is 8. The number of ether oxygens (including phenoxy) is 1. The molecule has 1 aromatic heterocycles. The second kappa shape index (κ2) is 10.3. The van der Waals surface area contributed by atoms with Crippen molar-refractivity contribution in [2.45, 2.75) is 13.0 Å². The number of hydrogen-bond donors (Lipinski definition) is 3. The Morgan fingerprint density at radius 2 is 1.79 bits per heavy atom. The van der Waals surface area contributed by atoms with E-state index in [1.165, 1.54) is 24.4 Å². The van der Waals surface area contributed by atoms with Gasteiger partial charge in [0.25, 0.3) is 0 Å². The molecule has 0 bridgehead atoms. The van der Waals surface area contributed by atoms with E-state index in [0.29, 0.717) is 30.3 Å². The van der Waals surface area contributed by atoms with Crippen molar-refractivity contribution in [3.63, 3.8) is 0 Å². The van der Waals surface area contributed by atoms with Crippen LogP contribution < -0.4 is 21.3 Å². The van der Waals surface area contributed by atoms with Crippen LogP contribution in [0.2, 0.25) is 0 Å². The Balaban J connectivity index is 1.50. The fourth-order valence-corrected chi connectivity index (χ4v) is 3.66. The van der Waals surface area contributed by atoms with E-state index in [2.05, 4.69) is 20.5 Å². The maximum absolute atomic E-state index is 14.0. The van der Waals surface area contributed by atoms with Crippen LogP contribution in [-0.4, -0.2) is 37.2 Å². The first-order chi connectivity index (χ1) is 16.0. The summed E-state index contributed by atoms with van der Waals surface area (Å²) in [5.74, 6) is -1.31. The van der Waals surface area contributed by atoms with E-state index in [1.54, 1.807) is 6.07 Å². The summed E-state index contributed by atoms with van der Waals surface area (Å²) >= 11 is 0. The largest absolute Gasteiger partial charge is 0.380 e. The van der Waals surface area contributed by atoms with E-state index in [4.69, 9.17) is 10.5 Å². The maximum atomic E-state index is 14.0. The number of benzene rings is 2. The summed E-state index contributed by atoms with van der Waals surface area (Å²) in [7, 11) is 0. The van der Waals surface area contributed by atoms with Gasteiger partial charge in [-0.1, -0.05) is 6.07 Å². The van der Waals surface area contributed by atoms with E-state index < -0.39 is 17.5 Å². The number of hydrogen-bond acceptors (Lipinski definition) is 6. The van der Waals surface area contributed by atoms with Gasteiger partial charge in [0, 0.05) is 60.1 Å². The number of amides is 1. The summed E-state index contributed by atoms with van der Waals surface area (Å²) in [5, 5.41) is 6.23. The first kappa shape index (κ1) is 22.5. The second-order valence-electron chi connectivity index (χ2n) is 7.69. The van der Waals surface area contributed by atoms with E-state index in [0.717, 1.165) is 24.5 Å². The highest BCUT2D eigenvalue weighted by atomic mass is 19.1. The van der Waals surface area contributed by atoms with E-state index in [9.17, 15) is 13.6 Å². The summed E-state index contributed by atoms with van der Waals surface area (Å²) in [6.07, 6.45) is 1.47. The molecule has 33 heavy (non-hydrogen) atoms. The number of pyridine rings is 1. The summed E-state index contributed by atoms with van der Waals surface area (Å²) in [6.45, 7) is 3.05. The van der Waals surface area contributed by atoms with Gasteiger partial charge in [-0.2, -0.15) is 0 Å². The third-order valence-corrected chi connectivity index (χ3v) is 5.38. The molecule has 0 aliphatic carbocycles. The first-order valence-corrected chi connectivity index (χ1v) is 10.6. The number of anilines is 4. The molecular formula is C24H25F2N5O2. The number of aromatic nitrogens is 1. The van der Waals surface area contributed by atoms with E-state index in [-0.39, 0.29) is 18.5 Å². The van der Waals surface area contributed by atoms with Crippen molar-refractivity contribution in [2.24, 2.45) is 5.73 Å². The van der Waals surface area contributed by atoms with Crippen molar-refractivity contribution >= 4 is 28.8 Å². The average Bonchev–Trinajstić information content (AvgIpc) is 2.81. The van der Waals surface area contributed by atoms with Gasteiger partial charge in [-0.3, -0.25) is 4.79 Å². The lowest BCUT2D eigenvalue weighted by atomic mass is 10.1. The van der Waals surface area contributed by atoms with Gasteiger partial charge in [0.1, 0.15) is 17.5 Å². The highest BCUT2D eigenvalue weighted by Crippen LogP contribution is 2.25. The van der Waals surface area contributed by atoms with Crippen molar-refractivity contribution in [1.29, 1.82) is 0 Å². The quantitative estimate of drug-likeness (QED) is 0.483. The third-order valence-electron chi connectivity index (χ3n) is 5.38. The molecule has 7 nitrogen and oxygen atoms in total. The van der Waals surface area contributed by atoms with Crippen LogP contribution in [0.4, 0.5) is 31.7 Å². The zero-order valence-electron chi connectivity index (χ0n) is 18.0. The highest BCUT2D eigenvalue weighted by molar-refractivity contribution is 5.79. The van der Waals surface area contributed by atoms with Crippen LogP contribution in [0.25, 0.3) is 0 Å². The Labute approximate surface area is 190 Å². The number of primary amides is 1. The molecule has 2 aromatic carbocycles. The van der Waals surface area contributed by atoms with Crippen LogP contribution in [0.1, 0.15) is 11.1 Å². The number of nitrogens with one attached hydrogen (secondary N) is 2. The molecule has 0 unspecified atom stereocenters. The van der Waals surface area contributed by atoms with Crippen LogP contribution in [0, 0.1) is 11.6 Å². The molecule has 1 fully saturated rings. The van der Waals surface area contributed by atoms with Gasteiger partial charge in [0.15, 0.2) is 0 Å². The van der Waals surface area contributed by atoms with Crippen molar-refractivity contribution in [1.82, 2.24) is 4.98 Å². The molecule has 0 spiro atoms. The first-order valence-electron chi connectivity index (χ1n) is 10.6. The summed E-state index contributed by atoms with van der Waals surface area (Å²) < 4.78 is 33.4. The topological polar surface area (TPSA) is 92.5 Å². The molecule has 4 N–H and O–H groups in total. The zero-order chi connectivity index (χ0) is 23.2. The molecule has 0 saturated carbocycles. The molecular weight excluding hydrogens is 428 g/mol. The fourth-order valence-electron chi connectivity index (χ4n) is 3.66. The lowest BCUT2D eigenvalue weighted by Crippen LogP contribution is -2.36. The minimum Gasteiger partial charge on any atom is -0.380 e. The van der Waals surface area contributed by atoms with E-state index >= 15 is 0 Å². The van der Waals surface area contributed by atoms with Crippen LogP contribution in [-0.2, 0) is 22.5 Å². The van der Waals surface area contributed by atoms with Crippen LogP contribution >= 0.6 is 0 Å². The minimum absolute atomic E-state index is 0.0520. The van der Waals surface area contributed by atoms with Crippen LogP contribution in [0.3, 0.4) is 0 Å². The smallest absolute Gasteiger partial charge is 0.221 e. The van der Waals surface area contributed by atoms with Gasteiger partial charge in [-0.25, -0.2) is 13.8 Å². The summed E-state index contributed by atoms with van der Waals surface area (Å²) in [4.78, 5) is 18.1. The van der Waals surface area contributed by atoms with Gasteiger partial charge in [-0.15, -0.1) is 0 Å². The lowest BCUT2D eigenvalue weighted by molar-refractivity contribution is -0.117. The summed E-state index contributed by atoms with van der Waals surface area (Å²) in [5.41, 5.74) is 8.24. The molecule has 3 aromatic rings. The minimum atomic E-state index is -0.647. The maximum Gasteiger partial charge on any atom is 0.221 e. The fraction of sp³-hybridized carbons (Fsp3) is 0.250. The molecule has 1 aliphatic heterocycles. The molecule has 2 heterocycles. The SMILES string of the molecule is NC(=O)Cc1cnc(Nc2ccc(N3CCOCC3)cc2)cc1NCc1c(F)cccc1F. The van der Waals surface area contributed by atoms with Gasteiger partial charge in [0.05, 0.1) is 19.6 Å². The monoisotopic (exact) mass is 453 g/mol. The Morgan fingerprint density at radius 1 is 1.09 bits per heavy atom. The number of nitrogens with two attached hydrogens (primary N) is 1. The van der Waals surface area contributed by atoms with Crippen molar-refractivity contribution in [2.75, 3.05) is 41.8 Å². The van der Waals surface area contributed by atoms with Crippen molar-refractivity contribution < 1.29 is 18.3 Å². The molecule has 0 radical (unpaired) electrons. The standard InChI is InChI=1S/C24H25F2N5O2/c25-20-2-1-3-21(26)19(20)15-28-22-13-24(29-14-16(22)12-23(27)32)30-17-4-6-18(7-5-17)31-8-10-33-11-9-31/h1-7,13-14H,8-12,15H2,(H2,27,32)(H2,28,29,30). The number of morpholine rings is 1. The van der Waals surface area contributed by atoms with Gasteiger partial charge in [0.2, 0.25) is 5.91 Å². The number of carbonyl (C=O) groups excluding carboxylic acids is 1. The second-order valence-corrected chi connectivity index (χ2v) is 7.69. The van der Waals surface area contributed by atoms with Crippen molar-refractivity contribution in [3.8, 4) is 0 Å². The highest BCUT2D eigenvalue weighted by Gasteiger charge is 2.13. The van der Waals surface area contributed by atoms with Crippen LogP contribution in [0.5, 0.6) is 0 Å². The van der Waals surface area contributed by atoms with Crippen LogP contribution in [0.15, 0.2) is 54.7 Å². The molecule has 4 rings (SSSR count). The molecule has 0 atom stereocenters. The third kappa shape index (κ3) is 5.75. The zero-order valence-corrected chi connectivity index (χ0v) is 18.0. The molecule has 172 valence electrons. The van der Waals surface area contributed by atoms with E-state index in [1.807, 2.05) is 24.3 Å². The Kier molecular flexibility index (Phi) is 6.99. The lowest BCUT2D eigenvalue weighted by Gasteiger charge is -2.28. The average molecular weight is 453 g/mol. The molecule has 1 aliphatic rings. The number of halogens is 2. The Hall–Kier alpha value is -3.72. The Morgan fingerprint density at radius 3 is 2.45 bits per heavy atom. The van der Waals surface area contributed by atoms with Gasteiger partial charge >= 0.3 is 0 Å².